The predicted molar refractivity (Wildman–Crippen MR) is 66.5 cm³/mol. The van der Waals surface area contributed by atoms with Gasteiger partial charge in [0.2, 0.25) is 10.0 Å². The Balaban J connectivity index is 2.57. The molecule has 0 aromatic rings. The van der Waals surface area contributed by atoms with Crippen molar-refractivity contribution in [3.05, 3.63) is 0 Å². The minimum Gasteiger partial charge on any atom is -0.211 e. The molecule has 1 heterocycles. The molecule has 0 saturated carbocycles. The van der Waals surface area contributed by atoms with Gasteiger partial charge in [-0.05, 0) is 24.2 Å². The molecule has 3 nitrogen and oxygen atoms in total. The topological polar surface area (TPSA) is 37.4 Å². The molecule has 0 aliphatic carbocycles. The lowest BCUT2D eigenvalue weighted by Gasteiger charge is -2.37. The van der Waals surface area contributed by atoms with E-state index in [9.17, 15) is 8.42 Å². The monoisotopic (exact) mass is 297 g/mol. The molecule has 90 valence electrons. The van der Waals surface area contributed by atoms with Gasteiger partial charge in [0.15, 0.2) is 0 Å². The second-order valence-corrected chi connectivity index (χ2v) is 8.53. The molecule has 1 fully saturated rings. The van der Waals surface area contributed by atoms with Crippen LogP contribution in [-0.4, -0.2) is 30.5 Å². The van der Waals surface area contributed by atoms with Gasteiger partial charge in [0.1, 0.15) is 4.66 Å². The van der Waals surface area contributed by atoms with Gasteiger partial charge in [-0.3, -0.25) is 0 Å². The van der Waals surface area contributed by atoms with Crippen LogP contribution in [-0.2, 0) is 10.0 Å². The second-order valence-electron chi connectivity index (χ2n) is 5.26. The van der Waals surface area contributed by atoms with Crippen molar-refractivity contribution in [2.24, 2.45) is 11.3 Å². The number of hydrogen-bond acceptors (Lipinski definition) is 2. The lowest BCUT2D eigenvalue weighted by molar-refractivity contribution is 0.154. The molecule has 1 aliphatic heterocycles. The SMILES string of the molecule is CC(C)(C)C1CCN(S(=O)(=O)CBr)CC1. The molecular weight excluding hydrogens is 278 g/mol. The Morgan fingerprint density at radius 1 is 1.27 bits per heavy atom. The maximum atomic E-state index is 11.6. The van der Waals surface area contributed by atoms with Crippen LogP contribution in [0.3, 0.4) is 0 Å². The van der Waals surface area contributed by atoms with Crippen LogP contribution in [0.5, 0.6) is 0 Å². The summed E-state index contributed by atoms with van der Waals surface area (Å²) >= 11 is 3.03. The Bertz CT molecular complexity index is 300. The Morgan fingerprint density at radius 3 is 2.07 bits per heavy atom. The molecule has 5 heteroatoms. The highest BCUT2D eigenvalue weighted by Crippen LogP contribution is 2.34. The van der Waals surface area contributed by atoms with Crippen LogP contribution >= 0.6 is 15.9 Å². The van der Waals surface area contributed by atoms with Crippen LogP contribution in [0.2, 0.25) is 0 Å². The largest absolute Gasteiger partial charge is 0.224 e. The number of hydrogen-bond donors (Lipinski definition) is 0. The molecule has 1 rings (SSSR count). The van der Waals surface area contributed by atoms with Gasteiger partial charge in [0, 0.05) is 13.1 Å². The van der Waals surface area contributed by atoms with Crippen molar-refractivity contribution in [3.8, 4) is 0 Å². The van der Waals surface area contributed by atoms with Crippen LogP contribution in [0.15, 0.2) is 0 Å². The van der Waals surface area contributed by atoms with E-state index < -0.39 is 10.0 Å². The molecule has 0 spiro atoms. The fourth-order valence-corrected chi connectivity index (χ4v) is 3.84. The molecule has 0 bridgehead atoms. The summed E-state index contributed by atoms with van der Waals surface area (Å²) in [6.07, 6.45) is 1.96. The van der Waals surface area contributed by atoms with Gasteiger partial charge in [-0.25, -0.2) is 12.7 Å². The van der Waals surface area contributed by atoms with Crippen molar-refractivity contribution >= 4 is 26.0 Å². The lowest BCUT2D eigenvalue weighted by atomic mass is 9.76. The summed E-state index contributed by atoms with van der Waals surface area (Å²) in [5.41, 5.74) is 0.296. The van der Waals surface area contributed by atoms with E-state index in [0.717, 1.165) is 12.8 Å². The third-order valence-electron chi connectivity index (χ3n) is 3.21. The summed E-state index contributed by atoms with van der Waals surface area (Å²) in [4.78, 5) is 0. The molecule has 15 heavy (non-hydrogen) atoms. The first-order valence-corrected chi connectivity index (χ1v) is 8.04. The van der Waals surface area contributed by atoms with Crippen LogP contribution in [0.1, 0.15) is 33.6 Å². The van der Waals surface area contributed by atoms with Gasteiger partial charge in [0.05, 0.1) is 0 Å². The number of sulfonamides is 1. The molecule has 0 amide bonds. The van der Waals surface area contributed by atoms with Crippen LogP contribution in [0.4, 0.5) is 0 Å². The summed E-state index contributed by atoms with van der Waals surface area (Å²) in [5.74, 6) is 0.638. The highest BCUT2D eigenvalue weighted by Gasteiger charge is 2.32. The van der Waals surface area contributed by atoms with Crippen LogP contribution in [0, 0.1) is 11.3 Å². The molecule has 0 N–H and O–H groups in total. The highest BCUT2D eigenvalue weighted by molar-refractivity contribution is 9.10. The Morgan fingerprint density at radius 2 is 1.73 bits per heavy atom. The number of alkyl halides is 1. The van der Waals surface area contributed by atoms with E-state index in [1.165, 1.54) is 0 Å². The van der Waals surface area contributed by atoms with Crippen LogP contribution in [0.25, 0.3) is 0 Å². The maximum Gasteiger partial charge on any atom is 0.224 e. The van der Waals surface area contributed by atoms with Gasteiger partial charge >= 0.3 is 0 Å². The smallest absolute Gasteiger partial charge is 0.211 e. The molecule has 0 radical (unpaired) electrons. The summed E-state index contributed by atoms with van der Waals surface area (Å²) < 4.78 is 24.8. The Kier molecular flexibility index (Phi) is 4.23. The Labute approximate surface area is 101 Å². The Hall–Kier alpha value is 0.390. The van der Waals surface area contributed by atoms with Crippen molar-refractivity contribution < 1.29 is 8.42 Å². The van der Waals surface area contributed by atoms with E-state index in [0.29, 0.717) is 24.4 Å². The third-order valence-corrected chi connectivity index (χ3v) is 6.37. The highest BCUT2D eigenvalue weighted by atomic mass is 79.9. The fraction of sp³-hybridized carbons (Fsp3) is 1.00. The number of piperidine rings is 1. The molecule has 0 unspecified atom stereocenters. The summed E-state index contributed by atoms with van der Waals surface area (Å²) in [7, 11) is -3.04. The normalized spacial score (nSPS) is 21.9. The molecule has 1 saturated heterocycles. The standard InChI is InChI=1S/C10H20BrNO2S/c1-10(2,3)9-4-6-12(7-5-9)15(13,14)8-11/h9H,4-8H2,1-3H3. The van der Waals surface area contributed by atoms with Gasteiger partial charge in [0.25, 0.3) is 0 Å². The molecule has 0 aromatic heterocycles. The van der Waals surface area contributed by atoms with Crippen molar-refractivity contribution in [2.75, 3.05) is 17.8 Å². The lowest BCUT2D eigenvalue weighted by Crippen LogP contribution is -2.41. The van der Waals surface area contributed by atoms with E-state index in [1.807, 2.05) is 0 Å². The van der Waals surface area contributed by atoms with E-state index in [4.69, 9.17) is 0 Å². The average molecular weight is 298 g/mol. The van der Waals surface area contributed by atoms with E-state index in [1.54, 1.807) is 4.31 Å². The summed E-state index contributed by atoms with van der Waals surface area (Å²) in [6, 6.07) is 0. The number of nitrogens with zero attached hydrogens (tertiary/aromatic N) is 1. The van der Waals surface area contributed by atoms with Crippen molar-refractivity contribution in [2.45, 2.75) is 33.6 Å². The minimum atomic E-state index is -3.04. The van der Waals surface area contributed by atoms with Crippen LogP contribution < -0.4 is 0 Å². The van der Waals surface area contributed by atoms with Gasteiger partial charge in [-0.2, -0.15) is 0 Å². The maximum absolute atomic E-state index is 11.6. The quantitative estimate of drug-likeness (QED) is 0.734. The molecular formula is C10H20BrNO2S. The number of rotatable bonds is 2. The van der Waals surface area contributed by atoms with Crippen molar-refractivity contribution in [3.63, 3.8) is 0 Å². The molecule has 0 aromatic carbocycles. The zero-order valence-corrected chi connectivity index (χ0v) is 12.1. The first kappa shape index (κ1) is 13.5. The predicted octanol–water partition coefficient (Wildman–Crippen LogP) is 2.43. The van der Waals surface area contributed by atoms with Crippen molar-refractivity contribution in [1.29, 1.82) is 0 Å². The van der Waals surface area contributed by atoms with Gasteiger partial charge in [-0.1, -0.05) is 36.7 Å². The second kappa shape index (κ2) is 4.72. The van der Waals surface area contributed by atoms with Crippen molar-refractivity contribution in [1.82, 2.24) is 4.31 Å². The summed E-state index contributed by atoms with van der Waals surface area (Å²) in [6.45, 7) is 8.04. The first-order chi connectivity index (χ1) is 6.77. The van der Waals surface area contributed by atoms with E-state index in [2.05, 4.69) is 36.7 Å². The van der Waals surface area contributed by atoms with Gasteiger partial charge in [-0.15, -0.1) is 0 Å². The zero-order chi connectivity index (χ0) is 11.7. The average Bonchev–Trinajstić information content (AvgIpc) is 2.17. The zero-order valence-electron chi connectivity index (χ0n) is 9.66. The molecule has 0 atom stereocenters. The van der Waals surface area contributed by atoms with E-state index in [-0.39, 0.29) is 4.66 Å². The van der Waals surface area contributed by atoms with Gasteiger partial charge < -0.3 is 0 Å². The minimum absolute atomic E-state index is 0.0418. The first-order valence-electron chi connectivity index (χ1n) is 5.31. The number of halogens is 1. The molecule has 1 aliphatic rings. The summed E-state index contributed by atoms with van der Waals surface area (Å²) in [5, 5.41) is 0. The third kappa shape index (κ3) is 3.43. The fourth-order valence-electron chi connectivity index (χ4n) is 2.07. The van der Waals surface area contributed by atoms with E-state index >= 15 is 0 Å².